The molecule has 31 heavy (non-hydrogen) atoms. The van der Waals surface area contributed by atoms with Crippen LogP contribution < -0.4 is 4.74 Å². The summed E-state index contributed by atoms with van der Waals surface area (Å²) >= 11 is 0. The van der Waals surface area contributed by atoms with Crippen molar-refractivity contribution >= 4 is 0 Å². The van der Waals surface area contributed by atoms with Gasteiger partial charge in [-0.25, -0.2) is 4.39 Å². The SMILES string of the molecule is COc1ccc(C(OCc2ccc(O)c(F)c2)(c2ccccc2)c2ccccc2)cc1. The summed E-state index contributed by atoms with van der Waals surface area (Å²) in [6, 6.07) is 32.0. The van der Waals surface area contributed by atoms with Crippen LogP contribution in [0.4, 0.5) is 4.39 Å². The standard InChI is InChI=1S/C27H23FO3/c1-30-24-15-13-23(14-16-24)27(21-8-4-2-5-9-21,22-10-6-3-7-11-22)31-19-20-12-17-26(29)25(28)18-20/h2-18,29H,19H2,1H3. The number of ether oxygens (including phenoxy) is 2. The van der Waals surface area contributed by atoms with E-state index in [1.165, 1.54) is 12.1 Å². The highest BCUT2D eigenvalue weighted by molar-refractivity contribution is 5.48. The Labute approximate surface area is 181 Å². The number of phenols is 1. The molecule has 0 aromatic heterocycles. The van der Waals surface area contributed by atoms with Gasteiger partial charge in [0.1, 0.15) is 11.4 Å². The van der Waals surface area contributed by atoms with Gasteiger partial charge in [-0.3, -0.25) is 0 Å². The average Bonchev–Trinajstić information content (AvgIpc) is 2.83. The number of hydrogen-bond donors (Lipinski definition) is 1. The fourth-order valence-electron chi connectivity index (χ4n) is 3.75. The molecule has 0 amide bonds. The summed E-state index contributed by atoms with van der Waals surface area (Å²) in [5, 5.41) is 9.53. The molecule has 0 spiro atoms. The van der Waals surface area contributed by atoms with Crippen molar-refractivity contribution in [2.75, 3.05) is 7.11 Å². The molecule has 0 aliphatic rings. The first-order valence-electron chi connectivity index (χ1n) is 10.0. The van der Waals surface area contributed by atoms with Crippen LogP contribution in [0, 0.1) is 5.82 Å². The Morgan fingerprint density at radius 3 is 1.81 bits per heavy atom. The lowest BCUT2D eigenvalue weighted by Gasteiger charge is -2.36. The van der Waals surface area contributed by atoms with Crippen molar-refractivity contribution in [2.24, 2.45) is 0 Å². The van der Waals surface area contributed by atoms with E-state index < -0.39 is 11.4 Å². The topological polar surface area (TPSA) is 38.7 Å². The Hall–Kier alpha value is -3.63. The maximum Gasteiger partial charge on any atom is 0.165 e. The van der Waals surface area contributed by atoms with Crippen LogP contribution >= 0.6 is 0 Å². The van der Waals surface area contributed by atoms with Gasteiger partial charge in [0.2, 0.25) is 0 Å². The molecule has 4 aromatic rings. The molecule has 3 nitrogen and oxygen atoms in total. The minimum absolute atomic E-state index is 0.146. The number of rotatable bonds is 7. The molecule has 0 bridgehead atoms. The summed E-state index contributed by atoms with van der Waals surface area (Å²) in [5.74, 6) is -0.300. The van der Waals surface area contributed by atoms with Crippen LogP contribution in [-0.2, 0) is 16.9 Å². The van der Waals surface area contributed by atoms with E-state index in [0.29, 0.717) is 5.56 Å². The van der Waals surface area contributed by atoms with Crippen molar-refractivity contribution in [1.82, 2.24) is 0 Å². The predicted octanol–water partition coefficient (Wildman–Crippen LogP) is 6.05. The molecule has 0 unspecified atom stereocenters. The molecule has 0 atom stereocenters. The third kappa shape index (κ3) is 4.16. The summed E-state index contributed by atoms with van der Waals surface area (Å²) in [6.07, 6.45) is 0. The number of aromatic hydroxyl groups is 1. The van der Waals surface area contributed by atoms with Crippen LogP contribution in [0.1, 0.15) is 22.3 Å². The number of methoxy groups -OCH3 is 1. The van der Waals surface area contributed by atoms with E-state index in [4.69, 9.17) is 9.47 Å². The zero-order chi connectivity index (χ0) is 21.7. The van der Waals surface area contributed by atoms with E-state index in [1.807, 2.05) is 84.9 Å². The highest BCUT2D eigenvalue weighted by Crippen LogP contribution is 2.41. The van der Waals surface area contributed by atoms with Crippen LogP contribution in [0.25, 0.3) is 0 Å². The van der Waals surface area contributed by atoms with E-state index >= 15 is 0 Å². The number of phenolic OH excluding ortho intramolecular Hbond substituents is 1. The zero-order valence-electron chi connectivity index (χ0n) is 17.2. The molecule has 0 radical (unpaired) electrons. The van der Waals surface area contributed by atoms with Gasteiger partial charge in [0.05, 0.1) is 13.7 Å². The van der Waals surface area contributed by atoms with Crippen molar-refractivity contribution in [3.05, 3.63) is 131 Å². The second-order valence-electron chi connectivity index (χ2n) is 7.22. The van der Waals surface area contributed by atoms with Gasteiger partial charge < -0.3 is 14.6 Å². The fourth-order valence-corrected chi connectivity index (χ4v) is 3.75. The van der Waals surface area contributed by atoms with Gasteiger partial charge in [-0.1, -0.05) is 78.9 Å². The van der Waals surface area contributed by atoms with Crippen molar-refractivity contribution < 1.29 is 19.0 Å². The molecule has 0 saturated carbocycles. The number of benzene rings is 4. The third-order valence-electron chi connectivity index (χ3n) is 5.32. The molecule has 1 N–H and O–H groups in total. The molecular formula is C27H23FO3. The molecule has 0 aliphatic carbocycles. The minimum atomic E-state index is -0.927. The third-order valence-corrected chi connectivity index (χ3v) is 5.32. The number of halogens is 1. The molecule has 0 heterocycles. The van der Waals surface area contributed by atoms with Gasteiger partial charge in [-0.2, -0.15) is 0 Å². The van der Waals surface area contributed by atoms with Crippen molar-refractivity contribution in [2.45, 2.75) is 12.2 Å². The summed E-state index contributed by atoms with van der Waals surface area (Å²) < 4.78 is 25.9. The van der Waals surface area contributed by atoms with Crippen LogP contribution in [0.15, 0.2) is 103 Å². The molecule has 4 rings (SSSR count). The molecule has 4 aromatic carbocycles. The van der Waals surface area contributed by atoms with Crippen LogP contribution in [0.3, 0.4) is 0 Å². The van der Waals surface area contributed by atoms with Crippen molar-refractivity contribution in [3.8, 4) is 11.5 Å². The molecule has 0 aliphatic heterocycles. The first-order valence-corrected chi connectivity index (χ1v) is 10.0. The lowest BCUT2D eigenvalue weighted by Crippen LogP contribution is -2.32. The Kier molecular flexibility index (Phi) is 6.01. The summed E-state index contributed by atoms with van der Waals surface area (Å²) in [6.45, 7) is 0.146. The first kappa shape index (κ1) is 20.6. The quantitative estimate of drug-likeness (QED) is 0.374. The largest absolute Gasteiger partial charge is 0.505 e. The fraction of sp³-hybridized carbons (Fsp3) is 0.111. The smallest absolute Gasteiger partial charge is 0.165 e. The summed E-state index contributed by atoms with van der Waals surface area (Å²) in [4.78, 5) is 0. The second-order valence-corrected chi connectivity index (χ2v) is 7.22. The first-order chi connectivity index (χ1) is 15.1. The van der Waals surface area contributed by atoms with E-state index in [1.54, 1.807) is 13.2 Å². The van der Waals surface area contributed by atoms with Crippen LogP contribution in [-0.4, -0.2) is 12.2 Å². The van der Waals surface area contributed by atoms with Crippen molar-refractivity contribution in [3.63, 3.8) is 0 Å². The maximum atomic E-state index is 13.9. The molecular weight excluding hydrogens is 391 g/mol. The highest BCUT2D eigenvalue weighted by atomic mass is 19.1. The Morgan fingerprint density at radius 2 is 1.29 bits per heavy atom. The maximum absolute atomic E-state index is 13.9. The average molecular weight is 414 g/mol. The van der Waals surface area contributed by atoms with E-state index in [9.17, 15) is 9.50 Å². The molecule has 156 valence electrons. The summed E-state index contributed by atoms with van der Waals surface area (Å²) in [7, 11) is 1.63. The van der Waals surface area contributed by atoms with Gasteiger partial charge >= 0.3 is 0 Å². The normalized spacial score (nSPS) is 11.3. The van der Waals surface area contributed by atoms with Crippen molar-refractivity contribution in [1.29, 1.82) is 0 Å². The van der Waals surface area contributed by atoms with Crippen LogP contribution in [0.2, 0.25) is 0 Å². The van der Waals surface area contributed by atoms with Gasteiger partial charge in [0.25, 0.3) is 0 Å². The second kappa shape index (κ2) is 9.02. The molecule has 0 fully saturated rings. The van der Waals surface area contributed by atoms with Gasteiger partial charge in [-0.15, -0.1) is 0 Å². The Balaban J connectivity index is 1.87. The minimum Gasteiger partial charge on any atom is -0.505 e. The van der Waals surface area contributed by atoms with Gasteiger partial charge in [0.15, 0.2) is 11.6 Å². The lowest BCUT2D eigenvalue weighted by atomic mass is 9.80. The van der Waals surface area contributed by atoms with E-state index in [-0.39, 0.29) is 12.4 Å². The Morgan fingerprint density at radius 1 is 0.742 bits per heavy atom. The van der Waals surface area contributed by atoms with Gasteiger partial charge in [0, 0.05) is 0 Å². The highest BCUT2D eigenvalue weighted by Gasteiger charge is 2.37. The number of hydrogen-bond acceptors (Lipinski definition) is 3. The van der Waals surface area contributed by atoms with E-state index in [2.05, 4.69) is 0 Å². The van der Waals surface area contributed by atoms with Gasteiger partial charge in [-0.05, 0) is 46.5 Å². The lowest BCUT2D eigenvalue weighted by molar-refractivity contribution is 0.0000941. The zero-order valence-corrected chi connectivity index (χ0v) is 17.2. The molecule has 0 saturated heterocycles. The summed E-state index contributed by atoms with van der Waals surface area (Å²) in [5.41, 5.74) is 2.52. The van der Waals surface area contributed by atoms with Crippen LogP contribution in [0.5, 0.6) is 11.5 Å². The Bertz CT molecular complexity index is 1090. The van der Waals surface area contributed by atoms with E-state index in [0.717, 1.165) is 22.4 Å². The molecule has 4 heteroatoms. The monoisotopic (exact) mass is 414 g/mol. The predicted molar refractivity (Wildman–Crippen MR) is 119 cm³/mol.